The molecule has 1 heterocycles. The minimum absolute atomic E-state index is 0.0464. The third-order valence-corrected chi connectivity index (χ3v) is 8.93. The number of hydrogen-bond acceptors (Lipinski definition) is 4. The Morgan fingerprint density at radius 3 is 2.26 bits per heavy atom. The molecule has 1 aliphatic carbocycles. The molecule has 34 heavy (non-hydrogen) atoms. The van der Waals surface area contributed by atoms with Crippen LogP contribution in [0.3, 0.4) is 0 Å². The molecule has 2 aromatic rings. The van der Waals surface area contributed by atoms with E-state index in [0.717, 1.165) is 46.7 Å². The summed E-state index contributed by atoms with van der Waals surface area (Å²) in [5, 5.41) is 3.10. The second-order valence-electron chi connectivity index (χ2n) is 9.81. The molecule has 1 saturated heterocycles. The summed E-state index contributed by atoms with van der Waals surface area (Å²) in [4.78, 5) is 28.8. The molecule has 0 radical (unpaired) electrons. The Kier molecular flexibility index (Phi) is 6.57. The van der Waals surface area contributed by atoms with Crippen LogP contribution in [0.1, 0.15) is 49.3 Å². The summed E-state index contributed by atoms with van der Waals surface area (Å²) in [7, 11) is -3.96. The third kappa shape index (κ3) is 4.49. The number of rotatable bonds is 5. The fraction of sp³-hybridized carbons (Fsp3) is 0.462. The van der Waals surface area contributed by atoms with Crippen LogP contribution in [0.15, 0.2) is 47.4 Å². The summed E-state index contributed by atoms with van der Waals surface area (Å²) in [5.74, 6) is -0.746. The maximum atomic E-state index is 13.7. The molecule has 2 fully saturated rings. The molecule has 8 heteroatoms. The molecule has 1 atom stereocenters. The van der Waals surface area contributed by atoms with E-state index >= 15 is 0 Å². The van der Waals surface area contributed by atoms with Crippen molar-refractivity contribution in [1.29, 1.82) is 0 Å². The van der Waals surface area contributed by atoms with E-state index in [0.29, 0.717) is 5.69 Å². The Balaban J connectivity index is 1.74. The zero-order valence-electron chi connectivity index (χ0n) is 20.3. The van der Waals surface area contributed by atoms with Gasteiger partial charge in [-0.15, -0.1) is 0 Å². The highest BCUT2D eigenvalue weighted by atomic mass is 32.2. The Morgan fingerprint density at radius 2 is 1.65 bits per heavy atom. The summed E-state index contributed by atoms with van der Waals surface area (Å²) in [6.07, 6.45) is 3.89. The number of sulfonamides is 1. The number of hydrogen-bond donors (Lipinski definition) is 1. The van der Waals surface area contributed by atoms with Crippen LogP contribution >= 0.6 is 0 Å². The molecule has 0 spiro atoms. The van der Waals surface area contributed by atoms with Crippen molar-refractivity contribution in [2.45, 2.75) is 69.9 Å². The summed E-state index contributed by atoms with van der Waals surface area (Å²) in [6, 6.07) is 12.2. The molecule has 2 aromatic carbocycles. The minimum atomic E-state index is -3.96. The van der Waals surface area contributed by atoms with Gasteiger partial charge < -0.3 is 5.32 Å². The fourth-order valence-corrected chi connectivity index (χ4v) is 6.35. The summed E-state index contributed by atoms with van der Waals surface area (Å²) in [6.45, 7) is 7.04. The van der Waals surface area contributed by atoms with Gasteiger partial charge in [-0.05, 0) is 75.9 Å². The summed E-state index contributed by atoms with van der Waals surface area (Å²) >= 11 is 0. The number of carbonyl (C=O) groups is 2. The zero-order valence-corrected chi connectivity index (χ0v) is 21.1. The van der Waals surface area contributed by atoms with Gasteiger partial charge in [0.05, 0.1) is 11.4 Å². The SMILES string of the molecule is Cc1ccc(S(=O)(=O)N2CC(=O)N(c3ccc(C)c(C)c3)[C@@](C)(C(=O)NC3CCCC3)C2)cc1. The van der Waals surface area contributed by atoms with Crippen molar-refractivity contribution < 1.29 is 18.0 Å². The predicted octanol–water partition coefficient (Wildman–Crippen LogP) is 3.47. The lowest BCUT2D eigenvalue weighted by Gasteiger charge is -2.47. The number of carbonyl (C=O) groups excluding carboxylic acids is 2. The van der Waals surface area contributed by atoms with E-state index in [2.05, 4.69) is 5.32 Å². The number of aryl methyl sites for hydroxylation is 3. The Hall–Kier alpha value is -2.71. The van der Waals surface area contributed by atoms with Gasteiger partial charge in [0.25, 0.3) is 0 Å². The topological polar surface area (TPSA) is 86.8 Å². The van der Waals surface area contributed by atoms with E-state index < -0.39 is 21.5 Å². The second kappa shape index (κ2) is 9.15. The molecule has 1 aliphatic heterocycles. The van der Waals surface area contributed by atoms with Crippen molar-refractivity contribution in [2.24, 2.45) is 0 Å². The molecule has 0 bridgehead atoms. The smallest absolute Gasteiger partial charge is 0.247 e. The number of amides is 2. The molecule has 1 saturated carbocycles. The molecular weight excluding hydrogens is 450 g/mol. The highest BCUT2D eigenvalue weighted by Crippen LogP contribution is 2.34. The van der Waals surface area contributed by atoms with Crippen molar-refractivity contribution in [3.05, 3.63) is 59.2 Å². The average molecular weight is 484 g/mol. The van der Waals surface area contributed by atoms with Gasteiger partial charge in [-0.3, -0.25) is 14.5 Å². The Labute approximate surface area is 202 Å². The first-order valence-corrected chi connectivity index (χ1v) is 13.2. The molecule has 4 rings (SSSR count). The van der Waals surface area contributed by atoms with Crippen molar-refractivity contribution in [3.8, 4) is 0 Å². The molecule has 2 aliphatic rings. The molecule has 182 valence electrons. The van der Waals surface area contributed by atoms with Gasteiger partial charge in [-0.25, -0.2) is 8.42 Å². The van der Waals surface area contributed by atoms with Gasteiger partial charge in [0.1, 0.15) is 5.54 Å². The van der Waals surface area contributed by atoms with E-state index in [9.17, 15) is 18.0 Å². The molecule has 1 N–H and O–H groups in total. The van der Waals surface area contributed by atoms with Crippen LogP contribution in [0, 0.1) is 20.8 Å². The first-order chi connectivity index (χ1) is 16.0. The molecular formula is C26H33N3O4S. The van der Waals surface area contributed by atoms with Crippen LogP contribution in [-0.4, -0.2) is 49.2 Å². The normalized spacial score (nSPS) is 22.2. The fourth-order valence-electron chi connectivity index (χ4n) is 4.87. The van der Waals surface area contributed by atoms with Crippen LogP contribution < -0.4 is 10.2 Å². The Bertz CT molecular complexity index is 1200. The van der Waals surface area contributed by atoms with Crippen molar-refractivity contribution >= 4 is 27.5 Å². The predicted molar refractivity (Wildman–Crippen MR) is 132 cm³/mol. The average Bonchev–Trinajstić information content (AvgIpc) is 3.29. The van der Waals surface area contributed by atoms with Gasteiger partial charge in [0.15, 0.2) is 0 Å². The van der Waals surface area contributed by atoms with Gasteiger partial charge in [-0.2, -0.15) is 4.31 Å². The van der Waals surface area contributed by atoms with Crippen LogP contribution in [-0.2, 0) is 19.6 Å². The first kappa shape index (κ1) is 24.4. The molecule has 2 amide bonds. The summed E-state index contributed by atoms with van der Waals surface area (Å²) < 4.78 is 28.1. The van der Waals surface area contributed by atoms with Gasteiger partial charge in [0.2, 0.25) is 21.8 Å². The van der Waals surface area contributed by atoms with Crippen molar-refractivity contribution in [2.75, 3.05) is 18.0 Å². The minimum Gasteiger partial charge on any atom is -0.351 e. The van der Waals surface area contributed by atoms with Crippen LogP contribution in [0.2, 0.25) is 0 Å². The van der Waals surface area contributed by atoms with E-state index in [4.69, 9.17) is 0 Å². The second-order valence-corrected chi connectivity index (χ2v) is 11.8. The number of nitrogens with zero attached hydrogens (tertiary/aromatic N) is 2. The number of anilines is 1. The van der Waals surface area contributed by atoms with E-state index in [-0.39, 0.29) is 29.9 Å². The largest absolute Gasteiger partial charge is 0.351 e. The number of piperazine rings is 1. The quantitative estimate of drug-likeness (QED) is 0.706. The first-order valence-electron chi connectivity index (χ1n) is 11.8. The third-order valence-electron chi connectivity index (χ3n) is 7.13. The maximum absolute atomic E-state index is 13.7. The maximum Gasteiger partial charge on any atom is 0.247 e. The lowest BCUT2D eigenvalue weighted by molar-refractivity contribution is -0.133. The van der Waals surface area contributed by atoms with Crippen LogP contribution in [0.25, 0.3) is 0 Å². The van der Waals surface area contributed by atoms with Crippen LogP contribution in [0.5, 0.6) is 0 Å². The lowest BCUT2D eigenvalue weighted by Crippen LogP contribution is -2.70. The van der Waals surface area contributed by atoms with Crippen molar-refractivity contribution in [3.63, 3.8) is 0 Å². The Morgan fingerprint density at radius 1 is 1.00 bits per heavy atom. The van der Waals surface area contributed by atoms with Gasteiger partial charge in [-0.1, -0.05) is 36.6 Å². The molecule has 0 unspecified atom stereocenters. The standard InChI is InChI=1S/C26H33N3O4S/c1-18-9-13-23(14-10-18)34(32,33)28-16-24(30)29(22-12-11-19(2)20(3)15-22)26(4,17-28)25(31)27-21-7-5-6-8-21/h9-15,21H,5-8,16-17H2,1-4H3,(H,27,31)/t26-/m1/s1. The number of benzene rings is 2. The van der Waals surface area contributed by atoms with Crippen molar-refractivity contribution in [1.82, 2.24) is 9.62 Å². The van der Waals surface area contributed by atoms with E-state index in [1.807, 2.05) is 39.0 Å². The number of nitrogens with one attached hydrogen (secondary N) is 1. The van der Waals surface area contributed by atoms with E-state index in [1.54, 1.807) is 31.2 Å². The molecule has 7 nitrogen and oxygen atoms in total. The highest BCUT2D eigenvalue weighted by Gasteiger charge is 2.51. The monoisotopic (exact) mass is 483 g/mol. The van der Waals surface area contributed by atoms with E-state index in [1.165, 1.54) is 4.90 Å². The zero-order chi connectivity index (χ0) is 24.7. The van der Waals surface area contributed by atoms with Gasteiger partial charge in [0, 0.05) is 18.3 Å². The highest BCUT2D eigenvalue weighted by molar-refractivity contribution is 7.89. The summed E-state index contributed by atoms with van der Waals surface area (Å²) in [5.41, 5.74) is 2.23. The van der Waals surface area contributed by atoms with Crippen LogP contribution in [0.4, 0.5) is 5.69 Å². The molecule has 0 aromatic heterocycles. The van der Waals surface area contributed by atoms with Gasteiger partial charge >= 0.3 is 0 Å². The lowest BCUT2D eigenvalue weighted by atomic mass is 9.93.